The molecule has 0 aromatic carbocycles. The van der Waals surface area contributed by atoms with E-state index in [1.165, 1.54) is 0 Å². The second-order valence-corrected chi connectivity index (χ2v) is 1.30. The van der Waals surface area contributed by atoms with Gasteiger partial charge in [0, 0.05) is 0 Å². The molecule has 1 aliphatic rings. The molecule has 0 spiro atoms. The predicted octanol–water partition coefficient (Wildman–Crippen LogP) is -0.420. The summed E-state index contributed by atoms with van der Waals surface area (Å²) in [7, 11) is 0. The molecule has 1 aliphatic heterocycles. The average molecular weight is 116 g/mol. The van der Waals surface area contributed by atoms with E-state index < -0.39 is 12.3 Å². The van der Waals surface area contributed by atoms with Crippen LogP contribution in [0.25, 0.3) is 0 Å². The number of carbonyl (C=O) groups excluding carboxylic acids is 1. The maximum Gasteiger partial charge on any atom is 0.469 e. The first-order valence-corrected chi connectivity index (χ1v) is 1.97. The van der Waals surface area contributed by atoms with Crippen LogP contribution in [0.2, 0.25) is 0 Å². The summed E-state index contributed by atoms with van der Waals surface area (Å²) in [6, 6.07) is 0. The monoisotopic (exact) mass is 116 g/mol. The van der Waals surface area contributed by atoms with E-state index >= 15 is 0 Å². The SMILES string of the molecule is [CH2]C1OC(=O)N[N+]1=O. The Balaban J connectivity index is 2.64. The minimum Gasteiger partial charge on any atom is -0.376 e. The van der Waals surface area contributed by atoms with Gasteiger partial charge in [0.1, 0.15) is 0 Å². The normalized spacial score (nSPS) is 27.4. The highest BCUT2D eigenvalue weighted by molar-refractivity contribution is 5.66. The lowest BCUT2D eigenvalue weighted by molar-refractivity contribution is -0.624. The van der Waals surface area contributed by atoms with Crippen molar-refractivity contribution in [1.29, 1.82) is 0 Å². The molecular formula is C3H4N2O3+. The second-order valence-electron chi connectivity index (χ2n) is 1.30. The van der Waals surface area contributed by atoms with Gasteiger partial charge in [0.05, 0.1) is 11.8 Å². The third-order valence-electron chi connectivity index (χ3n) is 0.706. The molecule has 1 rings (SSSR count). The summed E-state index contributed by atoms with van der Waals surface area (Å²) >= 11 is 0. The molecule has 8 heavy (non-hydrogen) atoms. The van der Waals surface area contributed by atoms with Crippen LogP contribution in [0.4, 0.5) is 4.79 Å². The van der Waals surface area contributed by atoms with Gasteiger partial charge in [-0.3, -0.25) is 0 Å². The van der Waals surface area contributed by atoms with Crippen LogP contribution in [0, 0.1) is 11.8 Å². The molecule has 5 heteroatoms. The van der Waals surface area contributed by atoms with E-state index in [2.05, 4.69) is 11.7 Å². The zero-order chi connectivity index (χ0) is 6.15. The lowest BCUT2D eigenvalue weighted by atomic mass is 10.7. The summed E-state index contributed by atoms with van der Waals surface area (Å²) < 4.78 is 4.23. The van der Waals surface area contributed by atoms with Crippen molar-refractivity contribution in [2.24, 2.45) is 0 Å². The van der Waals surface area contributed by atoms with Crippen LogP contribution in [0.3, 0.4) is 0 Å². The second kappa shape index (κ2) is 1.43. The number of hydrogen-bond acceptors (Lipinski definition) is 3. The van der Waals surface area contributed by atoms with Gasteiger partial charge < -0.3 is 4.74 Å². The van der Waals surface area contributed by atoms with E-state index in [0.29, 0.717) is 0 Å². The smallest absolute Gasteiger partial charge is 0.376 e. The zero-order valence-corrected chi connectivity index (χ0v) is 3.96. The number of nitroso groups, excluding NO2 is 1. The van der Waals surface area contributed by atoms with Crippen LogP contribution in [0.15, 0.2) is 0 Å². The summed E-state index contributed by atoms with van der Waals surface area (Å²) in [6.07, 6.45) is -1.69. The third kappa shape index (κ3) is 0.617. The number of amides is 1. The fourth-order valence-electron chi connectivity index (χ4n) is 0.360. The van der Waals surface area contributed by atoms with Crippen molar-refractivity contribution in [3.63, 3.8) is 0 Å². The fraction of sp³-hybridized carbons (Fsp3) is 0.333. The Kier molecular flexibility index (Phi) is 0.896. The van der Waals surface area contributed by atoms with E-state index in [-0.39, 0.29) is 4.87 Å². The van der Waals surface area contributed by atoms with Crippen LogP contribution in [-0.2, 0) is 4.74 Å². The van der Waals surface area contributed by atoms with Crippen LogP contribution >= 0.6 is 0 Å². The Bertz CT molecular complexity index is 143. The highest BCUT2D eigenvalue weighted by atomic mass is 16.6. The average Bonchev–Trinajstić information content (AvgIpc) is 1.85. The van der Waals surface area contributed by atoms with E-state index in [1.807, 2.05) is 5.43 Å². The number of nitrogens with one attached hydrogen (secondary N) is 1. The van der Waals surface area contributed by atoms with Gasteiger partial charge in [-0.15, -0.1) is 0 Å². The first-order chi connectivity index (χ1) is 3.70. The first kappa shape index (κ1) is 5.02. The van der Waals surface area contributed by atoms with Crippen molar-refractivity contribution in [2.75, 3.05) is 0 Å². The van der Waals surface area contributed by atoms with Gasteiger partial charge in [-0.2, -0.15) is 0 Å². The number of rotatable bonds is 0. The standard InChI is InChI=1S/C3H3N2O3/c1-2-5(7)4-3(6)8-2/h2H,1H2/p+1. The fourth-order valence-corrected chi connectivity index (χ4v) is 0.360. The molecular weight excluding hydrogens is 112 g/mol. The Morgan fingerprint density at radius 2 is 2.50 bits per heavy atom. The van der Waals surface area contributed by atoms with Crippen molar-refractivity contribution in [3.05, 3.63) is 11.8 Å². The Labute approximate surface area is 45.2 Å². The van der Waals surface area contributed by atoms with Crippen molar-refractivity contribution in [3.8, 4) is 0 Å². The van der Waals surface area contributed by atoms with Gasteiger partial charge >= 0.3 is 12.3 Å². The zero-order valence-electron chi connectivity index (χ0n) is 3.96. The van der Waals surface area contributed by atoms with Gasteiger partial charge in [-0.25, -0.2) is 4.79 Å². The predicted molar refractivity (Wildman–Crippen MR) is 22.4 cm³/mol. The molecule has 1 unspecified atom stereocenters. The van der Waals surface area contributed by atoms with Gasteiger partial charge in [0.25, 0.3) is 0 Å². The van der Waals surface area contributed by atoms with Crippen LogP contribution in [-0.4, -0.2) is 17.2 Å². The highest BCUT2D eigenvalue weighted by Gasteiger charge is 2.35. The van der Waals surface area contributed by atoms with Gasteiger partial charge in [0.15, 0.2) is 4.87 Å². The molecule has 0 bridgehead atoms. The Morgan fingerprint density at radius 3 is 2.62 bits per heavy atom. The minimum atomic E-state index is -0.942. The number of hydrazine groups is 1. The molecule has 0 saturated carbocycles. The molecule has 0 aromatic heterocycles. The topological polar surface area (TPSA) is 58.4 Å². The van der Waals surface area contributed by atoms with Gasteiger partial charge in [-0.05, 0) is 5.43 Å². The summed E-state index contributed by atoms with van der Waals surface area (Å²) in [5, 5.41) is 0. The van der Waals surface area contributed by atoms with Crippen molar-refractivity contribution in [2.45, 2.75) is 6.23 Å². The lowest BCUT2D eigenvalue weighted by Crippen LogP contribution is -2.23. The highest BCUT2D eigenvalue weighted by Crippen LogP contribution is 1.97. The maximum atomic E-state index is 10.2. The van der Waals surface area contributed by atoms with E-state index in [0.717, 1.165) is 0 Å². The van der Waals surface area contributed by atoms with Crippen LogP contribution in [0.5, 0.6) is 0 Å². The molecule has 1 saturated heterocycles. The Hall–Kier alpha value is -1.13. The number of carbonyl (C=O) groups is 1. The number of hydrogen-bond donors (Lipinski definition) is 1. The molecule has 1 fully saturated rings. The molecule has 5 nitrogen and oxygen atoms in total. The van der Waals surface area contributed by atoms with Crippen molar-refractivity contribution < 1.29 is 14.4 Å². The minimum absolute atomic E-state index is 0.238. The van der Waals surface area contributed by atoms with Gasteiger partial charge in [0.2, 0.25) is 0 Å². The van der Waals surface area contributed by atoms with Crippen molar-refractivity contribution in [1.82, 2.24) is 5.43 Å². The summed E-state index contributed by atoms with van der Waals surface area (Å²) in [5.41, 5.74) is 1.82. The molecule has 1 N–H and O–H groups in total. The number of nitrogens with zero attached hydrogens (tertiary/aromatic N) is 1. The van der Waals surface area contributed by atoms with E-state index in [9.17, 15) is 9.70 Å². The molecule has 1 amide bonds. The van der Waals surface area contributed by atoms with E-state index in [4.69, 9.17) is 0 Å². The number of cyclic esters (lactones) is 1. The molecule has 0 aromatic rings. The molecule has 1 heterocycles. The summed E-state index contributed by atoms with van der Waals surface area (Å²) in [4.78, 5) is 20.5. The van der Waals surface area contributed by atoms with Crippen molar-refractivity contribution >= 4 is 6.09 Å². The third-order valence-corrected chi connectivity index (χ3v) is 0.706. The lowest BCUT2D eigenvalue weighted by Gasteiger charge is -1.81. The van der Waals surface area contributed by atoms with Crippen LogP contribution in [0.1, 0.15) is 0 Å². The Morgan fingerprint density at radius 1 is 1.88 bits per heavy atom. The molecule has 1 atom stereocenters. The summed E-state index contributed by atoms with van der Waals surface area (Å²) in [6.45, 7) is 3.18. The van der Waals surface area contributed by atoms with E-state index in [1.54, 1.807) is 0 Å². The number of ether oxygens (including phenoxy) is 1. The molecule has 43 valence electrons. The largest absolute Gasteiger partial charge is 0.469 e. The molecule has 0 aliphatic carbocycles. The summed E-state index contributed by atoms with van der Waals surface area (Å²) in [5.74, 6) is 0. The maximum absolute atomic E-state index is 10.2. The first-order valence-electron chi connectivity index (χ1n) is 1.97. The van der Waals surface area contributed by atoms with Gasteiger partial charge in [-0.1, -0.05) is 0 Å². The molecule has 1 radical (unpaired) electrons. The quantitative estimate of drug-likeness (QED) is 0.437. The van der Waals surface area contributed by atoms with Crippen LogP contribution < -0.4 is 5.43 Å².